The van der Waals surface area contributed by atoms with Crippen LogP contribution in [0.25, 0.3) is 10.8 Å². The third-order valence-corrected chi connectivity index (χ3v) is 2.70. The van der Waals surface area contributed by atoms with Crippen molar-refractivity contribution in [1.82, 2.24) is 10.3 Å². The minimum Gasteiger partial charge on any atom is -0.491 e. The van der Waals surface area contributed by atoms with Gasteiger partial charge < -0.3 is 10.5 Å². The summed E-state index contributed by atoms with van der Waals surface area (Å²) >= 11 is 0. The summed E-state index contributed by atoms with van der Waals surface area (Å²) in [5.74, 6) is -0.810. The highest BCUT2D eigenvalue weighted by molar-refractivity contribution is 6.08. The van der Waals surface area contributed by atoms with Crippen LogP contribution < -0.4 is 15.8 Å². The zero-order valence-corrected chi connectivity index (χ0v) is 11.1. The Morgan fingerprint density at radius 2 is 2.10 bits per heavy atom. The Morgan fingerprint density at radius 3 is 2.80 bits per heavy atom. The molecular weight excluding hydrogens is 258 g/mol. The van der Waals surface area contributed by atoms with Crippen molar-refractivity contribution in [1.29, 1.82) is 0 Å². The predicted molar refractivity (Wildman–Crippen MR) is 74.4 cm³/mol. The minimum atomic E-state index is -0.616. The lowest BCUT2D eigenvalue weighted by molar-refractivity contribution is -0.118. The average Bonchev–Trinajstić information content (AvgIpc) is 2.47. The smallest absolute Gasteiger partial charge is 0.280 e. The third-order valence-electron chi connectivity index (χ3n) is 2.70. The molecule has 0 radical (unpaired) electrons. The molecule has 0 aliphatic rings. The summed E-state index contributed by atoms with van der Waals surface area (Å²) in [5.41, 5.74) is 5.25. The molecule has 0 unspecified atom stereocenters. The molecule has 0 aliphatic carbocycles. The topological polar surface area (TPSA) is 94.3 Å². The first-order valence-electron chi connectivity index (χ1n) is 6.22. The summed E-state index contributed by atoms with van der Waals surface area (Å²) in [6.07, 6.45) is 1.57. The molecule has 20 heavy (non-hydrogen) atoms. The molecule has 2 amide bonds. The number of hydrogen-bond donors (Lipinski definition) is 2. The van der Waals surface area contributed by atoms with Crippen molar-refractivity contribution in [2.45, 2.75) is 6.92 Å². The van der Waals surface area contributed by atoms with E-state index in [4.69, 9.17) is 10.5 Å². The fourth-order valence-electron chi connectivity index (χ4n) is 1.83. The third kappa shape index (κ3) is 2.75. The standard InChI is InChI=1S/C14H15N3O3/c1-2-20-13-10-6-4-3-5-9(10)8-16-12(13)14(19)17-11(18)7-15/h3-6,8H,2,7,15H2,1H3,(H,17,18,19). The van der Waals surface area contributed by atoms with Crippen LogP contribution in [0.2, 0.25) is 0 Å². The molecule has 0 saturated heterocycles. The average molecular weight is 273 g/mol. The van der Waals surface area contributed by atoms with Gasteiger partial charge in [0, 0.05) is 17.0 Å². The van der Waals surface area contributed by atoms with Crippen molar-refractivity contribution in [3.63, 3.8) is 0 Å². The Hall–Kier alpha value is -2.47. The molecule has 6 nitrogen and oxygen atoms in total. The molecule has 0 aliphatic heterocycles. The van der Waals surface area contributed by atoms with Gasteiger partial charge in [-0.3, -0.25) is 14.9 Å². The van der Waals surface area contributed by atoms with Gasteiger partial charge in [0.15, 0.2) is 11.4 Å². The Balaban J connectivity index is 2.49. The van der Waals surface area contributed by atoms with Gasteiger partial charge in [-0.2, -0.15) is 0 Å². The number of carbonyl (C=O) groups is 2. The first kappa shape index (κ1) is 14.0. The number of nitrogens with zero attached hydrogens (tertiary/aromatic N) is 1. The van der Waals surface area contributed by atoms with Crippen LogP contribution in [0.4, 0.5) is 0 Å². The van der Waals surface area contributed by atoms with Crippen molar-refractivity contribution in [2.75, 3.05) is 13.2 Å². The number of pyridine rings is 1. The maximum absolute atomic E-state index is 12.0. The van der Waals surface area contributed by atoms with Crippen LogP contribution in [-0.4, -0.2) is 29.9 Å². The number of rotatable bonds is 4. The van der Waals surface area contributed by atoms with Crippen LogP contribution in [0.5, 0.6) is 5.75 Å². The zero-order chi connectivity index (χ0) is 14.5. The molecule has 0 spiro atoms. The quantitative estimate of drug-likeness (QED) is 0.861. The summed E-state index contributed by atoms with van der Waals surface area (Å²) in [4.78, 5) is 27.3. The second-order valence-electron chi connectivity index (χ2n) is 4.04. The molecule has 3 N–H and O–H groups in total. The highest BCUT2D eigenvalue weighted by atomic mass is 16.5. The lowest BCUT2D eigenvalue weighted by Crippen LogP contribution is -2.36. The minimum absolute atomic E-state index is 0.0762. The Bertz CT molecular complexity index is 655. The van der Waals surface area contributed by atoms with Crippen molar-refractivity contribution in [3.8, 4) is 5.75 Å². The Kier molecular flexibility index (Phi) is 4.27. The molecule has 1 aromatic carbocycles. The number of nitrogens with two attached hydrogens (primary N) is 1. The van der Waals surface area contributed by atoms with Gasteiger partial charge in [-0.05, 0) is 6.92 Å². The lowest BCUT2D eigenvalue weighted by atomic mass is 10.1. The molecular formula is C14H15N3O3. The first-order valence-corrected chi connectivity index (χ1v) is 6.22. The SMILES string of the molecule is CCOc1c(C(=O)NC(=O)CN)ncc2ccccc12. The number of amides is 2. The summed E-state index contributed by atoms with van der Waals surface area (Å²) in [6, 6.07) is 7.43. The van der Waals surface area contributed by atoms with Gasteiger partial charge in [0.25, 0.3) is 5.91 Å². The molecule has 0 bridgehead atoms. The highest BCUT2D eigenvalue weighted by Crippen LogP contribution is 2.28. The summed E-state index contributed by atoms with van der Waals surface area (Å²) in [5, 5.41) is 3.80. The second-order valence-corrected chi connectivity index (χ2v) is 4.04. The molecule has 0 atom stereocenters. The monoisotopic (exact) mass is 273 g/mol. The van der Waals surface area contributed by atoms with Gasteiger partial charge in [-0.25, -0.2) is 4.98 Å². The van der Waals surface area contributed by atoms with E-state index in [9.17, 15) is 9.59 Å². The first-order chi connectivity index (χ1) is 9.67. The van der Waals surface area contributed by atoms with E-state index in [0.29, 0.717) is 12.4 Å². The molecule has 0 saturated carbocycles. The van der Waals surface area contributed by atoms with Crippen molar-refractivity contribution < 1.29 is 14.3 Å². The molecule has 2 aromatic rings. The van der Waals surface area contributed by atoms with E-state index in [1.165, 1.54) is 0 Å². The number of carbonyl (C=O) groups excluding carboxylic acids is 2. The number of nitrogens with one attached hydrogen (secondary N) is 1. The second kappa shape index (κ2) is 6.12. The van der Waals surface area contributed by atoms with Gasteiger partial charge in [0.1, 0.15) is 0 Å². The van der Waals surface area contributed by atoms with E-state index >= 15 is 0 Å². The van der Waals surface area contributed by atoms with Crippen LogP contribution in [-0.2, 0) is 4.79 Å². The molecule has 0 fully saturated rings. The van der Waals surface area contributed by atoms with E-state index in [2.05, 4.69) is 10.3 Å². The van der Waals surface area contributed by atoms with Crippen LogP contribution in [0.1, 0.15) is 17.4 Å². The van der Waals surface area contributed by atoms with Gasteiger partial charge in [0.05, 0.1) is 13.2 Å². The highest BCUT2D eigenvalue weighted by Gasteiger charge is 2.18. The largest absolute Gasteiger partial charge is 0.491 e. The summed E-state index contributed by atoms with van der Waals surface area (Å²) < 4.78 is 5.52. The molecule has 104 valence electrons. The number of hydrogen-bond acceptors (Lipinski definition) is 5. The van der Waals surface area contributed by atoms with E-state index < -0.39 is 11.8 Å². The van der Waals surface area contributed by atoms with Crippen LogP contribution >= 0.6 is 0 Å². The van der Waals surface area contributed by atoms with Crippen molar-refractivity contribution in [2.24, 2.45) is 5.73 Å². The fraction of sp³-hybridized carbons (Fsp3) is 0.214. The number of fused-ring (bicyclic) bond motifs is 1. The zero-order valence-electron chi connectivity index (χ0n) is 11.1. The van der Waals surface area contributed by atoms with Gasteiger partial charge in [0.2, 0.25) is 5.91 Å². The predicted octanol–water partition coefficient (Wildman–Crippen LogP) is 0.849. The van der Waals surface area contributed by atoms with Crippen molar-refractivity contribution >= 4 is 22.6 Å². The van der Waals surface area contributed by atoms with E-state index in [0.717, 1.165) is 10.8 Å². The lowest BCUT2D eigenvalue weighted by Gasteiger charge is -2.11. The maximum atomic E-state index is 12.0. The number of aromatic nitrogens is 1. The molecule has 1 aromatic heterocycles. The summed E-state index contributed by atoms with van der Waals surface area (Å²) in [6.45, 7) is 1.94. The van der Waals surface area contributed by atoms with Gasteiger partial charge in [-0.15, -0.1) is 0 Å². The Labute approximate surface area is 115 Å². The Morgan fingerprint density at radius 1 is 1.35 bits per heavy atom. The fourth-order valence-corrected chi connectivity index (χ4v) is 1.83. The summed E-state index contributed by atoms with van der Waals surface area (Å²) in [7, 11) is 0. The van der Waals surface area contributed by atoms with Gasteiger partial charge in [-0.1, -0.05) is 24.3 Å². The number of imide groups is 1. The van der Waals surface area contributed by atoms with E-state index in [1.54, 1.807) is 6.20 Å². The van der Waals surface area contributed by atoms with Crippen LogP contribution in [0.3, 0.4) is 0 Å². The van der Waals surface area contributed by atoms with E-state index in [1.807, 2.05) is 31.2 Å². The number of ether oxygens (including phenoxy) is 1. The number of benzene rings is 1. The molecule has 6 heteroatoms. The van der Waals surface area contributed by atoms with Gasteiger partial charge >= 0.3 is 0 Å². The van der Waals surface area contributed by atoms with Crippen molar-refractivity contribution in [3.05, 3.63) is 36.2 Å². The van der Waals surface area contributed by atoms with Crippen LogP contribution in [0, 0.1) is 0 Å². The maximum Gasteiger partial charge on any atom is 0.280 e. The normalized spacial score (nSPS) is 10.3. The molecule has 2 rings (SSSR count). The molecule has 1 heterocycles. The van der Waals surface area contributed by atoms with Crippen LogP contribution in [0.15, 0.2) is 30.5 Å². The van der Waals surface area contributed by atoms with E-state index in [-0.39, 0.29) is 12.2 Å².